The lowest BCUT2D eigenvalue weighted by molar-refractivity contribution is -0.384. The second-order valence-electron chi connectivity index (χ2n) is 3.09. The van der Waals surface area contributed by atoms with Crippen LogP contribution in [-0.2, 0) is 6.42 Å². The molecule has 1 aromatic carbocycles. The predicted octanol–water partition coefficient (Wildman–Crippen LogP) is 2.17. The molecule has 4 nitrogen and oxygen atoms in total. The van der Waals surface area contributed by atoms with Crippen LogP contribution in [-0.4, -0.2) is 16.1 Å². The first-order valence-electron chi connectivity index (χ1n) is 4.11. The fourth-order valence-electron chi connectivity index (χ4n) is 1.15. The van der Waals surface area contributed by atoms with Gasteiger partial charge in [0, 0.05) is 17.2 Å². The lowest BCUT2D eigenvalue weighted by Crippen LogP contribution is -2.05. The number of non-ortho nitro benzene ring substituents is 1. The van der Waals surface area contributed by atoms with Crippen molar-refractivity contribution >= 4 is 17.3 Å². The number of halogens is 1. The van der Waals surface area contributed by atoms with Crippen LogP contribution in [0.2, 0.25) is 5.02 Å². The number of aliphatic hydroxyl groups excluding tert-OH is 1. The second kappa shape index (κ2) is 4.39. The van der Waals surface area contributed by atoms with Gasteiger partial charge in [-0.3, -0.25) is 10.1 Å². The van der Waals surface area contributed by atoms with E-state index in [4.69, 9.17) is 16.7 Å². The minimum Gasteiger partial charge on any atom is -0.393 e. The summed E-state index contributed by atoms with van der Waals surface area (Å²) < 4.78 is 0. The first-order valence-corrected chi connectivity index (χ1v) is 4.49. The number of hydrogen-bond acceptors (Lipinski definition) is 3. The third-order valence-corrected chi connectivity index (χ3v) is 2.12. The van der Waals surface area contributed by atoms with Gasteiger partial charge in [-0.15, -0.1) is 0 Å². The predicted molar refractivity (Wildman–Crippen MR) is 53.5 cm³/mol. The standard InChI is InChI=1S/C9H10ClNO3/c1-6(12)4-7-5-8(11(13)14)2-3-9(7)10/h2-3,5-6,12H,4H2,1H3. The first-order chi connectivity index (χ1) is 6.50. The molecule has 0 saturated heterocycles. The summed E-state index contributed by atoms with van der Waals surface area (Å²) in [6.07, 6.45) is -0.241. The summed E-state index contributed by atoms with van der Waals surface area (Å²) in [4.78, 5) is 9.97. The molecule has 0 aromatic heterocycles. The van der Waals surface area contributed by atoms with Gasteiger partial charge in [0.15, 0.2) is 0 Å². The highest BCUT2D eigenvalue weighted by Gasteiger charge is 2.10. The van der Waals surface area contributed by atoms with E-state index in [1.807, 2.05) is 0 Å². The topological polar surface area (TPSA) is 63.4 Å². The molecule has 14 heavy (non-hydrogen) atoms. The highest BCUT2D eigenvalue weighted by Crippen LogP contribution is 2.23. The highest BCUT2D eigenvalue weighted by molar-refractivity contribution is 6.31. The van der Waals surface area contributed by atoms with Gasteiger partial charge in [0.05, 0.1) is 11.0 Å². The van der Waals surface area contributed by atoms with E-state index in [2.05, 4.69) is 0 Å². The number of aliphatic hydroxyl groups is 1. The molecule has 0 bridgehead atoms. The van der Waals surface area contributed by atoms with E-state index in [1.165, 1.54) is 18.2 Å². The molecule has 0 saturated carbocycles. The molecule has 0 radical (unpaired) electrons. The molecule has 5 heteroatoms. The first kappa shape index (κ1) is 10.9. The Balaban J connectivity index is 3.02. The maximum absolute atomic E-state index is 10.5. The van der Waals surface area contributed by atoms with Crippen molar-refractivity contribution in [2.45, 2.75) is 19.4 Å². The summed E-state index contributed by atoms with van der Waals surface area (Å²) in [5.41, 5.74) is 0.584. The molecule has 0 heterocycles. The molecule has 1 atom stereocenters. The Morgan fingerprint density at radius 1 is 1.64 bits per heavy atom. The van der Waals surface area contributed by atoms with Gasteiger partial charge >= 0.3 is 0 Å². The Kier molecular flexibility index (Phi) is 3.43. The molecule has 0 fully saturated rings. The van der Waals surface area contributed by atoms with Gasteiger partial charge in [-0.1, -0.05) is 11.6 Å². The zero-order valence-electron chi connectivity index (χ0n) is 7.61. The van der Waals surface area contributed by atoms with Crippen LogP contribution in [0.25, 0.3) is 0 Å². The zero-order chi connectivity index (χ0) is 10.7. The molecule has 1 N–H and O–H groups in total. The lowest BCUT2D eigenvalue weighted by atomic mass is 10.1. The molecule has 0 spiro atoms. The molecule has 0 aliphatic heterocycles. The highest BCUT2D eigenvalue weighted by atomic mass is 35.5. The molecule has 1 unspecified atom stereocenters. The monoisotopic (exact) mass is 215 g/mol. The van der Waals surface area contributed by atoms with Gasteiger partial charge in [0.25, 0.3) is 5.69 Å². The van der Waals surface area contributed by atoms with Crippen LogP contribution in [0.1, 0.15) is 12.5 Å². The van der Waals surface area contributed by atoms with E-state index in [-0.39, 0.29) is 5.69 Å². The van der Waals surface area contributed by atoms with Crippen molar-refractivity contribution < 1.29 is 10.0 Å². The molecule has 1 aromatic rings. The smallest absolute Gasteiger partial charge is 0.269 e. The lowest BCUT2D eigenvalue weighted by Gasteiger charge is -2.05. The number of hydrogen-bond donors (Lipinski definition) is 1. The van der Waals surface area contributed by atoms with Crippen LogP contribution in [0.5, 0.6) is 0 Å². The molecule has 1 rings (SSSR count). The third kappa shape index (κ3) is 2.68. The minimum atomic E-state index is -0.561. The van der Waals surface area contributed by atoms with Crippen molar-refractivity contribution in [3.63, 3.8) is 0 Å². The number of nitrogens with zero attached hydrogens (tertiary/aromatic N) is 1. The quantitative estimate of drug-likeness (QED) is 0.621. The fraction of sp³-hybridized carbons (Fsp3) is 0.333. The van der Waals surface area contributed by atoms with Gasteiger partial charge in [-0.25, -0.2) is 0 Å². The maximum atomic E-state index is 10.5. The van der Waals surface area contributed by atoms with Gasteiger partial charge in [0.1, 0.15) is 0 Å². The second-order valence-corrected chi connectivity index (χ2v) is 3.49. The maximum Gasteiger partial charge on any atom is 0.269 e. The Morgan fingerprint density at radius 2 is 2.29 bits per heavy atom. The Labute approximate surface area is 86.3 Å². The Bertz CT molecular complexity index is 352. The molecular weight excluding hydrogens is 206 g/mol. The Morgan fingerprint density at radius 3 is 2.79 bits per heavy atom. The van der Waals surface area contributed by atoms with Crippen molar-refractivity contribution in [2.24, 2.45) is 0 Å². The summed E-state index contributed by atoms with van der Waals surface area (Å²) in [5.74, 6) is 0. The van der Waals surface area contributed by atoms with Crippen LogP contribution in [0.15, 0.2) is 18.2 Å². The number of benzene rings is 1. The largest absolute Gasteiger partial charge is 0.393 e. The van der Waals surface area contributed by atoms with Crippen molar-refractivity contribution in [1.82, 2.24) is 0 Å². The summed E-state index contributed by atoms with van der Waals surface area (Å²) >= 11 is 5.81. The van der Waals surface area contributed by atoms with Gasteiger partial charge < -0.3 is 5.11 Å². The number of nitro benzene ring substituents is 1. The fourth-order valence-corrected chi connectivity index (χ4v) is 1.34. The van der Waals surface area contributed by atoms with E-state index in [9.17, 15) is 10.1 Å². The van der Waals surface area contributed by atoms with Crippen LogP contribution in [0.4, 0.5) is 5.69 Å². The van der Waals surface area contributed by atoms with E-state index < -0.39 is 11.0 Å². The summed E-state index contributed by atoms with van der Waals surface area (Å²) in [6, 6.07) is 4.19. The third-order valence-electron chi connectivity index (χ3n) is 1.76. The van der Waals surface area contributed by atoms with E-state index >= 15 is 0 Å². The zero-order valence-corrected chi connectivity index (χ0v) is 8.36. The van der Waals surface area contributed by atoms with E-state index in [1.54, 1.807) is 6.92 Å². The molecule has 0 amide bonds. The van der Waals surface area contributed by atoms with Crippen LogP contribution >= 0.6 is 11.6 Å². The van der Waals surface area contributed by atoms with Crippen LogP contribution in [0.3, 0.4) is 0 Å². The van der Waals surface area contributed by atoms with Crippen LogP contribution in [0, 0.1) is 10.1 Å². The van der Waals surface area contributed by atoms with Gasteiger partial charge in [0.2, 0.25) is 0 Å². The molecule has 76 valence electrons. The molecule has 0 aliphatic carbocycles. The van der Waals surface area contributed by atoms with Gasteiger partial charge in [-0.2, -0.15) is 0 Å². The number of rotatable bonds is 3. The summed E-state index contributed by atoms with van der Waals surface area (Å²) in [7, 11) is 0. The van der Waals surface area contributed by atoms with Crippen molar-refractivity contribution in [1.29, 1.82) is 0 Å². The van der Waals surface area contributed by atoms with E-state index in [0.29, 0.717) is 17.0 Å². The van der Waals surface area contributed by atoms with Crippen molar-refractivity contribution in [2.75, 3.05) is 0 Å². The van der Waals surface area contributed by atoms with Crippen molar-refractivity contribution in [3.05, 3.63) is 38.9 Å². The summed E-state index contributed by atoms with van der Waals surface area (Å²) in [6.45, 7) is 1.61. The molecular formula is C9H10ClNO3. The van der Waals surface area contributed by atoms with Crippen molar-refractivity contribution in [3.8, 4) is 0 Å². The average Bonchev–Trinajstić information content (AvgIpc) is 2.07. The van der Waals surface area contributed by atoms with Gasteiger partial charge in [-0.05, 0) is 25.0 Å². The van der Waals surface area contributed by atoms with Crippen LogP contribution < -0.4 is 0 Å². The Hall–Kier alpha value is -1.13. The normalized spacial score (nSPS) is 12.5. The summed E-state index contributed by atoms with van der Waals surface area (Å²) in [5, 5.41) is 20.0. The number of nitro groups is 1. The average molecular weight is 216 g/mol. The molecule has 0 aliphatic rings. The van der Waals surface area contributed by atoms with E-state index in [0.717, 1.165) is 0 Å². The minimum absolute atomic E-state index is 0.00921. The SMILES string of the molecule is CC(O)Cc1cc([N+](=O)[O-])ccc1Cl.